The molecule has 6 heteroatoms. The van der Waals surface area contributed by atoms with E-state index in [1.165, 1.54) is 28.3 Å². The molecule has 0 N–H and O–H groups in total. The van der Waals surface area contributed by atoms with Gasteiger partial charge in [-0.2, -0.15) is 9.78 Å². The molecule has 1 saturated heterocycles. The van der Waals surface area contributed by atoms with Gasteiger partial charge in [0.05, 0.1) is 12.7 Å². The molecule has 0 unspecified atom stereocenters. The number of aromatic nitrogens is 2. The van der Waals surface area contributed by atoms with Crippen LogP contribution in [0.15, 0.2) is 30.5 Å². The summed E-state index contributed by atoms with van der Waals surface area (Å²) in [6.07, 6.45) is 3.83. The Morgan fingerprint density at radius 1 is 1.11 bits per heavy atom. The Morgan fingerprint density at radius 2 is 1.82 bits per heavy atom. The molecule has 148 valence electrons. The molecule has 2 aromatic rings. The van der Waals surface area contributed by atoms with Gasteiger partial charge in [0.15, 0.2) is 5.78 Å². The molecule has 0 bridgehead atoms. The second-order valence-corrected chi connectivity index (χ2v) is 8.23. The van der Waals surface area contributed by atoms with Crippen LogP contribution >= 0.6 is 0 Å². The van der Waals surface area contributed by atoms with E-state index < -0.39 is 0 Å². The number of fused-ring (bicyclic) bond motifs is 1. The lowest BCUT2D eigenvalue weighted by Crippen LogP contribution is -2.34. The molecule has 6 nitrogen and oxygen atoms in total. The summed E-state index contributed by atoms with van der Waals surface area (Å²) in [5.41, 5.74) is 4.14. The second-order valence-electron chi connectivity index (χ2n) is 8.23. The first kappa shape index (κ1) is 18.9. The summed E-state index contributed by atoms with van der Waals surface area (Å²) in [4.78, 5) is 25.9. The summed E-state index contributed by atoms with van der Waals surface area (Å²) in [5.74, 6) is 0.835. The van der Waals surface area contributed by atoms with Crippen molar-refractivity contribution in [3.05, 3.63) is 52.8 Å². The molecule has 1 aliphatic heterocycles. The quantitative estimate of drug-likeness (QED) is 0.759. The predicted octanol–water partition coefficient (Wildman–Crippen LogP) is 3.60. The first-order valence-electron chi connectivity index (χ1n) is 9.94. The highest BCUT2D eigenvalue weighted by Gasteiger charge is 2.43. The van der Waals surface area contributed by atoms with Crippen molar-refractivity contribution in [1.82, 2.24) is 14.7 Å². The van der Waals surface area contributed by atoms with E-state index in [-0.39, 0.29) is 17.9 Å². The minimum Gasteiger partial charge on any atom is -0.374 e. The zero-order valence-corrected chi connectivity index (χ0v) is 16.7. The van der Waals surface area contributed by atoms with Gasteiger partial charge in [-0.05, 0) is 61.3 Å². The van der Waals surface area contributed by atoms with Crippen molar-refractivity contribution >= 4 is 11.8 Å². The molecule has 4 rings (SSSR count). The van der Waals surface area contributed by atoms with Gasteiger partial charge in [0, 0.05) is 26.2 Å². The Kier molecular flexibility index (Phi) is 5.06. The lowest BCUT2D eigenvalue weighted by molar-refractivity contribution is 0.0383. The lowest BCUT2D eigenvalue weighted by atomic mass is 10.0. The molecule has 0 spiro atoms. The van der Waals surface area contributed by atoms with Crippen molar-refractivity contribution in [2.24, 2.45) is 11.8 Å². The van der Waals surface area contributed by atoms with Crippen molar-refractivity contribution in [1.29, 1.82) is 0 Å². The third kappa shape index (κ3) is 3.74. The van der Waals surface area contributed by atoms with E-state index in [1.807, 2.05) is 4.90 Å². The van der Waals surface area contributed by atoms with Gasteiger partial charge in [0.25, 0.3) is 0 Å². The number of likely N-dealkylation sites (tertiary alicyclic amines) is 1. The smallest absolute Gasteiger partial charge is 0.344 e. The van der Waals surface area contributed by atoms with Crippen LogP contribution in [0.2, 0.25) is 0 Å². The maximum atomic E-state index is 12.6. The average Bonchev–Trinajstić information content (AvgIpc) is 3.36. The van der Waals surface area contributed by atoms with Crippen LogP contribution in [-0.4, -0.2) is 45.7 Å². The molecule has 0 radical (unpaired) electrons. The lowest BCUT2D eigenvalue weighted by Gasteiger charge is -2.19. The van der Waals surface area contributed by atoms with E-state index in [9.17, 15) is 9.59 Å². The molecule has 1 aromatic carbocycles. The highest BCUT2D eigenvalue weighted by atomic mass is 16.5. The summed E-state index contributed by atoms with van der Waals surface area (Å²) in [6, 6.07) is 7.93. The van der Waals surface area contributed by atoms with Crippen LogP contribution in [0.3, 0.4) is 0 Å². The van der Waals surface area contributed by atoms with Gasteiger partial charge in [-0.3, -0.25) is 4.79 Å². The molecule has 2 fully saturated rings. The Balaban J connectivity index is 1.29. The standard InChI is InChI=1S/C22H27N3O3/c1-14-4-5-17(8-15(14)2)13-28-20-9-18-11-24(12-19(18)10-20)22(27)25-7-6-21(23-25)16(3)26/h4-8,18-20H,9-13H2,1-3H3/t18-,19+,20+. The number of nitrogens with zero attached hydrogens (tertiary/aromatic N) is 3. The summed E-state index contributed by atoms with van der Waals surface area (Å²) in [7, 11) is 0. The van der Waals surface area contributed by atoms with Crippen molar-refractivity contribution in [2.75, 3.05) is 13.1 Å². The Labute approximate surface area is 165 Å². The van der Waals surface area contributed by atoms with Crippen LogP contribution in [-0.2, 0) is 11.3 Å². The number of hydrogen-bond acceptors (Lipinski definition) is 4. The van der Waals surface area contributed by atoms with Crippen molar-refractivity contribution in [3.63, 3.8) is 0 Å². The molecule has 1 amide bonds. The topological polar surface area (TPSA) is 64.4 Å². The fourth-order valence-electron chi connectivity index (χ4n) is 4.41. The summed E-state index contributed by atoms with van der Waals surface area (Å²) >= 11 is 0. The number of aryl methyl sites for hydroxylation is 2. The van der Waals surface area contributed by atoms with Gasteiger partial charge >= 0.3 is 6.03 Å². The second kappa shape index (κ2) is 7.51. The average molecular weight is 381 g/mol. The minimum atomic E-state index is -0.144. The fraction of sp³-hybridized carbons (Fsp3) is 0.500. The van der Waals surface area contributed by atoms with Gasteiger partial charge in [-0.25, -0.2) is 4.79 Å². The van der Waals surface area contributed by atoms with E-state index in [2.05, 4.69) is 37.1 Å². The summed E-state index contributed by atoms with van der Waals surface area (Å²) in [6.45, 7) is 7.83. The molecule has 2 heterocycles. The van der Waals surface area contributed by atoms with Gasteiger partial charge in [-0.15, -0.1) is 0 Å². The van der Waals surface area contributed by atoms with E-state index in [0.717, 1.165) is 25.9 Å². The molecular weight excluding hydrogens is 354 g/mol. The molecule has 1 aromatic heterocycles. The highest BCUT2D eigenvalue weighted by molar-refractivity contribution is 5.92. The van der Waals surface area contributed by atoms with Crippen LogP contribution in [0.25, 0.3) is 0 Å². The molecule has 3 atom stereocenters. The largest absolute Gasteiger partial charge is 0.374 e. The van der Waals surface area contributed by atoms with Gasteiger partial charge in [0.1, 0.15) is 5.69 Å². The first-order valence-corrected chi connectivity index (χ1v) is 9.94. The molecule has 1 aliphatic carbocycles. The number of ketones is 1. The number of hydrogen-bond donors (Lipinski definition) is 0. The SMILES string of the molecule is CC(=O)c1ccn(C(=O)N2C[C@H]3C[C@H](OCc4ccc(C)c(C)c4)C[C@H]3C2)n1. The predicted molar refractivity (Wildman–Crippen MR) is 105 cm³/mol. The van der Waals surface area contributed by atoms with E-state index >= 15 is 0 Å². The zero-order chi connectivity index (χ0) is 19.8. The molecule has 2 aliphatic rings. The molecule has 28 heavy (non-hydrogen) atoms. The monoisotopic (exact) mass is 381 g/mol. The van der Waals surface area contributed by atoms with Gasteiger partial charge in [0.2, 0.25) is 0 Å². The van der Waals surface area contributed by atoms with Crippen LogP contribution in [0.5, 0.6) is 0 Å². The Morgan fingerprint density at radius 3 is 2.43 bits per heavy atom. The number of Topliss-reactive ketones (excluding diaryl/α,β-unsaturated/α-hetero) is 1. The van der Waals surface area contributed by atoms with Crippen LogP contribution in [0, 0.1) is 25.7 Å². The minimum absolute atomic E-state index is 0.131. The molecular formula is C22H27N3O3. The number of carbonyl (C=O) groups is 2. The highest BCUT2D eigenvalue weighted by Crippen LogP contribution is 2.39. The van der Waals surface area contributed by atoms with Crippen molar-refractivity contribution in [2.45, 2.75) is 46.3 Å². The molecule has 1 saturated carbocycles. The van der Waals surface area contributed by atoms with E-state index in [1.54, 1.807) is 12.3 Å². The van der Waals surface area contributed by atoms with Crippen molar-refractivity contribution < 1.29 is 14.3 Å². The number of ether oxygens (including phenoxy) is 1. The van der Waals surface area contributed by atoms with Crippen LogP contribution in [0.4, 0.5) is 4.79 Å². The van der Waals surface area contributed by atoms with Crippen LogP contribution in [0.1, 0.15) is 46.9 Å². The fourth-order valence-corrected chi connectivity index (χ4v) is 4.41. The first-order chi connectivity index (χ1) is 13.4. The van der Waals surface area contributed by atoms with Gasteiger partial charge in [-0.1, -0.05) is 18.2 Å². The number of amides is 1. The van der Waals surface area contributed by atoms with Gasteiger partial charge < -0.3 is 9.64 Å². The number of benzene rings is 1. The Bertz CT molecular complexity index is 890. The number of carbonyl (C=O) groups excluding carboxylic acids is 2. The maximum Gasteiger partial charge on any atom is 0.344 e. The third-order valence-electron chi connectivity index (χ3n) is 6.18. The zero-order valence-electron chi connectivity index (χ0n) is 16.7. The van der Waals surface area contributed by atoms with E-state index in [0.29, 0.717) is 24.1 Å². The Hall–Kier alpha value is -2.47. The summed E-state index contributed by atoms with van der Waals surface area (Å²) < 4.78 is 7.46. The normalized spacial score (nSPS) is 23.8. The third-order valence-corrected chi connectivity index (χ3v) is 6.18. The summed E-state index contributed by atoms with van der Waals surface area (Å²) in [5, 5.41) is 4.09. The maximum absolute atomic E-state index is 12.6. The van der Waals surface area contributed by atoms with E-state index in [4.69, 9.17) is 4.74 Å². The number of rotatable bonds is 4. The van der Waals surface area contributed by atoms with Crippen LogP contribution < -0.4 is 0 Å². The van der Waals surface area contributed by atoms with Crippen molar-refractivity contribution in [3.8, 4) is 0 Å².